The van der Waals surface area contributed by atoms with Crippen molar-refractivity contribution in [2.75, 3.05) is 7.11 Å². The minimum atomic E-state index is -0.499. The van der Waals surface area contributed by atoms with Crippen LogP contribution in [0.2, 0.25) is 0 Å². The zero-order valence-electron chi connectivity index (χ0n) is 18.7. The number of carbonyl (C=O) groups excluding carboxylic acids is 1. The molecule has 1 aromatic heterocycles. The number of amides is 1. The van der Waals surface area contributed by atoms with Crippen molar-refractivity contribution in [2.45, 2.75) is 13.8 Å². The van der Waals surface area contributed by atoms with Crippen LogP contribution in [-0.4, -0.2) is 38.6 Å². The number of aliphatic imine (C=N–C) groups is 1. The Morgan fingerprint density at radius 3 is 2.59 bits per heavy atom. The van der Waals surface area contributed by atoms with E-state index in [-0.39, 0.29) is 17.2 Å². The largest absolute Gasteiger partial charge is 0.495 e. The first kappa shape index (κ1) is 21.8. The first-order chi connectivity index (χ1) is 16.4. The number of thioether (sulfide) groups is 1. The Hall–Kier alpha value is -3.98. The van der Waals surface area contributed by atoms with Gasteiger partial charge in [-0.05, 0) is 79.7 Å². The third-order valence-electron chi connectivity index (χ3n) is 5.64. The number of aryl methyl sites for hydroxylation is 1. The van der Waals surface area contributed by atoms with E-state index in [2.05, 4.69) is 10.1 Å². The van der Waals surface area contributed by atoms with Crippen molar-refractivity contribution in [1.82, 2.24) is 9.58 Å². The highest BCUT2D eigenvalue weighted by Gasteiger charge is 2.36. The molecule has 1 amide bonds. The molecule has 2 aliphatic rings. The van der Waals surface area contributed by atoms with E-state index in [4.69, 9.17) is 10.1 Å². The van der Waals surface area contributed by atoms with E-state index in [1.807, 2.05) is 48.7 Å². The molecule has 3 aromatic rings. The number of hydrazone groups is 1. The molecular weight excluding hydrogens is 453 g/mol. The molecule has 0 radical (unpaired) electrons. The number of ether oxygens (including phenoxy) is 1. The van der Waals surface area contributed by atoms with Crippen LogP contribution in [0.3, 0.4) is 0 Å². The van der Waals surface area contributed by atoms with Gasteiger partial charge in [0.2, 0.25) is 5.17 Å². The molecule has 3 heterocycles. The summed E-state index contributed by atoms with van der Waals surface area (Å²) in [5.41, 5.74) is 4.38. The molecule has 0 aliphatic carbocycles. The van der Waals surface area contributed by atoms with E-state index in [1.54, 1.807) is 25.3 Å². The molecule has 5 rings (SSSR count). The first-order valence-electron chi connectivity index (χ1n) is 10.5. The van der Waals surface area contributed by atoms with Crippen molar-refractivity contribution >= 4 is 39.8 Å². The summed E-state index contributed by atoms with van der Waals surface area (Å²) < 4.78 is 20.8. The van der Waals surface area contributed by atoms with Crippen LogP contribution in [0.25, 0.3) is 11.8 Å². The van der Waals surface area contributed by atoms with E-state index in [9.17, 15) is 9.18 Å². The molecule has 0 bridgehead atoms. The van der Waals surface area contributed by atoms with Crippen molar-refractivity contribution in [2.24, 2.45) is 10.1 Å². The number of nitrogens with zero attached hydrogens (tertiary/aromatic N) is 4. The number of carbonyl (C=O) groups is 1. The fraction of sp³-hybridized carbons (Fsp3) is 0.120. The molecule has 0 unspecified atom stereocenters. The smallest absolute Gasteiger partial charge is 0.283 e. The van der Waals surface area contributed by atoms with Gasteiger partial charge in [-0.15, -0.1) is 0 Å². The lowest BCUT2D eigenvalue weighted by atomic mass is 10.1. The Kier molecular flexibility index (Phi) is 5.41. The van der Waals surface area contributed by atoms with Gasteiger partial charge in [-0.25, -0.2) is 4.39 Å². The summed E-state index contributed by atoms with van der Waals surface area (Å²) in [5.74, 6) is -0.166. The van der Waals surface area contributed by atoms with Crippen LogP contribution in [0.1, 0.15) is 22.5 Å². The molecule has 0 saturated heterocycles. The van der Waals surface area contributed by atoms with Crippen LogP contribution in [0.15, 0.2) is 70.3 Å². The van der Waals surface area contributed by atoms with Gasteiger partial charge in [0.25, 0.3) is 5.91 Å². The molecule has 34 heavy (non-hydrogen) atoms. The lowest BCUT2D eigenvalue weighted by molar-refractivity contribution is -0.114. The van der Waals surface area contributed by atoms with E-state index in [0.717, 1.165) is 28.4 Å². The molecular formula is C25H20FN5O2S. The number of aromatic nitrogens is 1. The summed E-state index contributed by atoms with van der Waals surface area (Å²) in [6.45, 7) is 3.93. The monoisotopic (exact) mass is 473 g/mol. The summed E-state index contributed by atoms with van der Waals surface area (Å²) >= 11 is 1.18. The Morgan fingerprint density at radius 2 is 1.85 bits per heavy atom. The number of amidine groups is 2. The average Bonchev–Trinajstić information content (AvgIpc) is 3.37. The van der Waals surface area contributed by atoms with Gasteiger partial charge in [0.05, 0.1) is 18.4 Å². The average molecular weight is 474 g/mol. The van der Waals surface area contributed by atoms with Crippen LogP contribution >= 0.6 is 11.8 Å². The lowest BCUT2D eigenvalue weighted by Crippen LogP contribution is -2.35. The second kappa shape index (κ2) is 8.42. The third-order valence-corrected chi connectivity index (χ3v) is 6.60. The minimum absolute atomic E-state index is 0.0540. The molecule has 0 spiro atoms. The topological polar surface area (TPSA) is 83.0 Å². The van der Waals surface area contributed by atoms with Crippen LogP contribution in [0, 0.1) is 25.1 Å². The zero-order chi connectivity index (χ0) is 24.0. The zero-order valence-corrected chi connectivity index (χ0v) is 19.5. The molecule has 0 fully saturated rings. The van der Waals surface area contributed by atoms with E-state index in [1.165, 1.54) is 28.9 Å². The molecule has 1 N–H and O–H groups in total. The van der Waals surface area contributed by atoms with Crippen molar-refractivity contribution in [3.8, 4) is 11.4 Å². The maximum absolute atomic E-state index is 13.3. The summed E-state index contributed by atoms with van der Waals surface area (Å²) in [5, 5.41) is 15.3. The highest BCUT2D eigenvalue weighted by atomic mass is 32.2. The van der Waals surface area contributed by atoms with Gasteiger partial charge in [-0.1, -0.05) is 12.1 Å². The lowest BCUT2D eigenvalue weighted by Gasteiger charge is -2.20. The molecule has 0 saturated carbocycles. The van der Waals surface area contributed by atoms with Gasteiger partial charge >= 0.3 is 0 Å². The second-order valence-corrected chi connectivity index (χ2v) is 8.72. The maximum Gasteiger partial charge on any atom is 0.283 e. The fourth-order valence-corrected chi connectivity index (χ4v) is 4.87. The minimum Gasteiger partial charge on any atom is -0.495 e. The third kappa shape index (κ3) is 3.63. The quantitative estimate of drug-likeness (QED) is 0.546. The highest BCUT2D eigenvalue weighted by Crippen LogP contribution is 2.33. The van der Waals surface area contributed by atoms with Gasteiger partial charge in [-0.2, -0.15) is 15.1 Å². The van der Waals surface area contributed by atoms with Crippen LogP contribution in [0.5, 0.6) is 5.75 Å². The van der Waals surface area contributed by atoms with Crippen molar-refractivity contribution in [3.63, 3.8) is 0 Å². The van der Waals surface area contributed by atoms with Gasteiger partial charge in [-0.3, -0.25) is 10.2 Å². The Balaban J connectivity index is 1.52. The van der Waals surface area contributed by atoms with Crippen LogP contribution in [-0.2, 0) is 4.79 Å². The predicted octanol–water partition coefficient (Wildman–Crippen LogP) is 4.91. The molecule has 2 aliphatic heterocycles. The number of rotatable bonds is 4. The van der Waals surface area contributed by atoms with Gasteiger partial charge < -0.3 is 9.30 Å². The Bertz CT molecular complexity index is 1440. The van der Waals surface area contributed by atoms with Gasteiger partial charge in [0, 0.05) is 17.0 Å². The van der Waals surface area contributed by atoms with Crippen LogP contribution < -0.4 is 4.74 Å². The molecule has 7 nitrogen and oxygen atoms in total. The normalized spacial score (nSPS) is 16.6. The fourth-order valence-electron chi connectivity index (χ4n) is 3.98. The summed E-state index contributed by atoms with van der Waals surface area (Å²) in [6.07, 6.45) is 1.68. The Labute approximate surface area is 199 Å². The van der Waals surface area contributed by atoms with Crippen molar-refractivity contribution < 1.29 is 13.9 Å². The summed E-state index contributed by atoms with van der Waals surface area (Å²) in [6, 6.07) is 15.6. The Morgan fingerprint density at radius 1 is 1.12 bits per heavy atom. The predicted molar refractivity (Wildman–Crippen MR) is 132 cm³/mol. The van der Waals surface area contributed by atoms with Crippen molar-refractivity contribution in [1.29, 1.82) is 5.41 Å². The van der Waals surface area contributed by atoms with E-state index >= 15 is 0 Å². The number of methoxy groups -OCH3 is 1. The first-order valence-corrected chi connectivity index (χ1v) is 11.3. The van der Waals surface area contributed by atoms with Crippen LogP contribution in [0.4, 0.5) is 4.39 Å². The number of benzene rings is 2. The second-order valence-electron chi connectivity index (χ2n) is 7.77. The molecule has 2 aromatic carbocycles. The van der Waals surface area contributed by atoms with E-state index in [0.29, 0.717) is 15.8 Å². The number of halogens is 1. The van der Waals surface area contributed by atoms with E-state index < -0.39 is 5.91 Å². The number of nitrogens with one attached hydrogen (secondary N) is 1. The standard InChI is InChI=1S/C25H20FN5O2S/c1-14-12-17(15(2)30(14)20-6-4-5-7-21(20)33-3)13-19-22(27)31-25(28-23(19)32)34-24(29-31)16-8-10-18(26)11-9-16/h4-13,27H,1-3H3/b19-13-,27-22?. The highest BCUT2D eigenvalue weighted by molar-refractivity contribution is 8.27. The SMILES string of the molecule is COc1ccccc1-n1c(C)cc(/C=C2/C(=N)N3N=C(c4ccc(F)cc4)SC3=NC2=O)c1C. The molecule has 0 atom stereocenters. The number of hydrogen-bond acceptors (Lipinski definition) is 5. The number of para-hydroxylation sites is 2. The van der Waals surface area contributed by atoms with Crippen molar-refractivity contribution in [3.05, 3.63) is 88.5 Å². The molecule has 9 heteroatoms. The number of hydrogen-bond donors (Lipinski definition) is 1. The number of fused-ring (bicyclic) bond motifs is 1. The van der Waals surface area contributed by atoms with Gasteiger partial charge in [0.15, 0.2) is 5.84 Å². The summed E-state index contributed by atoms with van der Waals surface area (Å²) in [7, 11) is 1.63. The van der Waals surface area contributed by atoms with Gasteiger partial charge in [0.1, 0.15) is 16.6 Å². The molecule has 170 valence electrons. The summed E-state index contributed by atoms with van der Waals surface area (Å²) in [4.78, 5) is 17.0. The maximum atomic E-state index is 13.3.